The molecule has 2 fully saturated rings. The van der Waals surface area contributed by atoms with Crippen LogP contribution in [0.3, 0.4) is 0 Å². The average molecular weight is 348 g/mol. The summed E-state index contributed by atoms with van der Waals surface area (Å²) in [7, 11) is 0. The fourth-order valence-corrected chi connectivity index (χ4v) is 4.77. The van der Waals surface area contributed by atoms with Crippen LogP contribution in [0.25, 0.3) is 0 Å². The second-order valence-corrected chi connectivity index (χ2v) is 10.1. The van der Waals surface area contributed by atoms with Crippen molar-refractivity contribution in [1.82, 2.24) is 9.80 Å². The monoisotopic (exact) mass is 347 g/mol. The summed E-state index contributed by atoms with van der Waals surface area (Å²) >= 11 is 0. The van der Waals surface area contributed by atoms with Gasteiger partial charge in [-0.1, -0.05) is 41.5 Å². The lowest BCUT2D eigenvalue weighted by molar-refractivity contribution is 0.0315. The number of ether oxygens (including phenoxy) is 1. The molecule has 0 N–H and O–H groups in total. The molecule has 0 aromatic heterocycles. The number of fused-ring (bicyclic) bond motifs is 1. The first-order chi connectivity index (χ1) is 11.6. The van der Waals surface area contributed by atoms with Gasteiger partial charge in [0.1, 0.15) is 5.84 Å². The molecule has 4 heteroatoms. The number of morpholine rings is 1. The highest BCUT2D eigenvalue weighted by molar-refractivity contribution is 5.90. The summed E-state index contributed by atoms with van der Waals surface area (Å²) in [6.07, 6.45) is 1.20. The molecule has 2 atom stereocenters. The maximum absolute atomic E-state index is 5.52. The molecule has 2 saturated heterocycles. The van der Waals surface area contributed by atoms with E-state index in [1.807, 2.05) is 0 Å². The molecule has 3 rings (SSSR count). The van der Waals surface area contributed by atoms with E-state index in [0.717, 1.165) is 32.8 Å². The summed E-state index contributed by atoms with van der Waals surface area (Å²) in [5.74, 6) is 1.98. The fourth-order valence-electron chi connectivity index (χ4n) is 4.77. The van der Waals surface area contributed by atoms with Crippen LogP contribution in [0.4, 0.5) is 0 Å². The van der Waals surface area contributed by atoms with Gasteiger partial charge in [-0.05, 0) is 30.3 Å². The van der Waals surface area contributed by atoms with Gasteiger partial charge < -0.3 is 9.64 Å². The molecule has 0 aromatic rings. The third-order valence-corrected chi connectivity index (χ3v) is 5.65. The van der Waals surface area contributed by atoms with Gasteiger partial charge in [0, 0.05) is 37.3 Å². The Balaban J connectivity index is 1.87. The summed E-state index contributed by atoms with van der Waals surface area (Å²) in [6.45, 7) is 22.5. The third-order valence-electron chi connectivity index (χ3n) is 5.65. The van der Waals surface area contributed by atoms with Gasteiger partial charge in [0.05, 0.1) is 19.3 Å². The Morgan fingerprint density at radius 3 is 2.24 bits per heavy atom. The predicted molar refractivity (Wildman–Crippen MR) is 105 cm³/mol. The van der Waals surface area contributed by atoms with E-state index in [2.05, 4.69) is 58.3 Å². The summed E-state index contributed by atoms with van der Waals surface area (Å²) in [5, 5.41) is 0. The zero-order valence-corrected chi connectivity index (χ0v) is 17.4. The highest BCUT2D eigenvalue weighted by atomic mass is 16.5. The fraction of sp³-hybridized carbons (Fsp3) is 0.857. The Morgan fingerprint density at radius 1 is 1.04 bits per heavy atom. The zero-order valence-electron chi connectivity index (χ0n) is 17.4. The number of rotatable bonds is 2. The quantitative estimate of drug-likeness (QED) is 0.761. The molecule has 4 nitrogen and oxygen atoms in total. The topological polar surface area (TPSA) is 28.1 Å². The number of nitrogens with zero attached hydrogens (tertiary/aromatic N) is 3. The number of aliphatic imine (C=N–C) groups is 1. The molecule has 3 aliphatic rings. The van der Waals surface area contributed by atoms with E-state index >= 15 is 0 Å². The lowest BCUT2D eigenvalue weighted by atomic mass is 9.79. The van der Waals surface area contributed by atoms with Crippen molar-refractivity contribution in [2.45, 2.75) is 60.9 Å². The van der Waals surface area contributed by atoms with Gasteiger partial charge in [-0.3, -0.25) is 9.89 Å². The molecular formula is C21H37N3O. The summed E-state index contributed by atoms with van der Waals surface area (Å²) in [6, 6.07) is 0.294. The van der Waals surface area contributed by atoms with Gasteiger partial charge in [0.25, 0.3) is 0 Å². The molecular weight excluding hydrogens is 310 g/mol. The Morgan fingerprint density at radius 2 is 1.68 bits per heavy atom. The van der Waals surface area contributed by atoms with Crippen molar-refractivity contribution in [1.29, 1.82) is 0 Å². The van der Waals surface area contributed by atoms with E-state index in [1.165, 1.54) is 18.8 Å². The van der Waals surface area contributed by atoms with Gasteiger partial charge in [0.2, 0.25) is 0 Å². The second kappa shape index (κ2) is 6.70. The number of allylic oxidation sites excluding steroid dienone is 1. The van der Waals surface area contributed by atoms with E-state index in [1.54, 1.807) is 11.3 Å². The third kappa shape index (κ3) is 3.95. The van der Waals surface area contributed by atoms with Gasteiger partial charge in [-0.2, -0.15) is 0 Å². The molecule has 0 aromatic carbocycles. The summed E-state index contributed by atoms with van der Waals surface area (Å²) in [5.41, 5.74) is 3.38. The van der Waals surface area contributed by atoms with Crippen LogP contribution >= 0.6 is 0 Å². The maximum atomic E-state index is 5.52. The molecule has 0 spiro atoms. The Labute approximate surface area is 154 Å². The molecule has 0 bridgehead atoms. The first-order valence-corrected chi connectivity index (χ1v) is 9.97. The number of hydrogen-bond donors (Lipinski definition) is 0. The average Bonchev–Trinajstić information content (AvgIpc) is 2.87. The largest absolute Gasteiger partial charge is 0.379 e. The van der Waals surface area contributed by atoms with E-state index in [0.29, 0.717) is 12.0 Å². The lowest BCUT2D eigenvalue weighted by Gasteiger charge is -2.41. The minimum Gasteiger partial charge on any atom is -0.379 e. The molecule has 142 valence electrons. The van der Waals surface area contributed by atoms with Crippen LogP contribution in [0, 0.1) is 16.7 Å². The van der Waals surface area contributed by atoms with Crippen molar-refractivity contribution in [3.63, 3.8) is 0 Å². The van der Waals surface area contributed by atoms with Gasteiger partial charge in [0.15, 0.2) is 0 Å². The van der Waals surface area contributed by atoms with Crippen LogP contribution in [-0.2, 0) is 4.74 Å². The van der Waals surface area contributed by atoms with E-state index in [4.69, 9.17) is 9.73 Å². The zero-order chi connectivity index (χ0) is 18.4. The first kappa shape index (κ1) is 18.9. The smallest absolute Gasteiger partial charge is 0.109 e. The first-order valence-electron chi connectivity index (χ1n) is 9.97. The summed E-state index contributed by atoms with van der Waals surface area (Å²) < 4.78 is 5.52. The molecule has 0 saturated carbocycles. The predicted octanol–water partition coefficient (Wildman–Crippen LogP) is 3.79. The van der Waals surface area contributed by atoms with Crippen molar-refractivity contribution >= 4 is 5.84 Å². The summed E-state index contributed by atoms with van der Waals surface area (Å²) in [4.78, 5) is 10.3. The van der Waals surface area contributed by atoms with Crippen LogP contribution < -0.4 is 0 Å². The molecule has 25 heavy (non-hydrogen) atoms. The highest BCUT2D eigenvalue weighted by Gasteiger charge is 2.42. The van der Waals surface area contributed by atoms with Gasteiger partial charge in [-0.15, -0.1) is 0 Å². The van der Waals surface area contributed by atoms with Crippen molar-refractivity contribution in [3.8, 4) is 0 Å². The Bertz CT molecular complexity index is 559. The van der Waals surface area contributed by atoms with Crippen LogP contribution in [0.1, 0.15) is 54.9 Å². The Hall–Kier alpha value is -0.870. The standard InChI is InChI=1S/C21H37N3O/c1-15-18(20(2,3)4)17-12-16(13-23-8-10-25-11-9-23)14-24(17)19(22-15)21(5,6)7/h15-16H,8-14H2,1-7H3/t15-,16+/m0/s1. The molecule has 0 unspecified atom stereocenters. The molecule has 3 heterocycles. The van der Waals surface area contributed by atoms with Crippen molar-refractivity contribution in [2.24, 2.45) is 21.7 Å². The van der Waals surface area contributed by atoms with Crippen molar-refractivity contribution in [2.75, 3.05) is 39.4 Å². The van der Waals surface area contributed by atoms with E-state index in [9.17, 15) is 0 Å². The normalized spacial score (nSPS) is 29.1. The highest BCUT2D eigenvalue weighted by Crippen LogP contribution is 2.44. The van der Waals surface area contributed by atoms with Crippen LogP contribution in [-0.4, -0.2) is 61.1 Å². The van der Waals surface area contributed by atoms with Crippen molar-refractivity contribution in [3.05, 3.63) is 11.3 Å². The minimum absolute atomic E-state index is 0.0940. The van der Waals surface area contributed by atoms with Gasteiger partial charge in [-0.25, -0.2) is 0 Å². The van der Waals surface area contributed by atoms with Crippen LogP contribution in [0.15, 0.2) is 16.3 Å². The SMILES string of the molecule is C[C@@H]1N=C(C(C)(C)C)N2C[C@@H](CN3CCOCC3)CC2=C1C(C)(C)C. The van der Waals surface area contributed by atoms with Crippen LogP contribution in [0.5, 0.6) is 0 Å². The van der Waals surface area contributed by atoms with Gasteiger partial charge >= 0.3 is 0 Å². The number of hydrogen-bond acceptors (Lipinski definition) is 4. The second-order valence-electron chi connectivity index (χ2n) is 10.1. The number of amidine groups is 1. The molecule has 0 aliphatic carbocycles. The Kier molecular flexibility index (Phi) is 5.06. The molecule has 0 radical (unpaired) electrons. The van der Waals surface area contributed by atoms with E-state index in [-0.39, 0.29) is 10.8 Å². The lowest BCUT2D eigenvalue weighted by Crippen LogP contribution is -2.44. The minimum atomic E-state index is 0.0940. The molecule has 3 aliphatic heterocycles. The van der Waals surface area contributed by atoms with E-state index < -0.39 is 0 Å². The molecule has 0 amide bonds. The van der Waals surface area contributed by atoms with Crippen LogP contribution in [0.2, 0.25) is 0 Å². The maximum Gasteiger partial charge on any atom is 0.109 e. The van der Waals surface area contributed by atoms with Crippen molar-refractivity contribution < 1.29 is 4.74 Å².